The van der Waals surface area contributed by atoms with Crippen LogP contribution >= 0.6 is 0 Å². The molecular weight excluding hydrogens is 713 g/mol. The van der Waals surface area contributed by atoms with Crippen LogP contribution in [-0.4, -0.2) is 79.3 Å². The van der Waals surface area contributed by atoms with Gasteiger partial charge in [-0.15, -0.1) is 10.1 Å². The number of carbonyl (C=O) groups is 2. The van der Waals surface area contributed by atoms with Crippen LogP contribution in [0.5, 0.6) is 0 Å². The number of hydroxylamine groups is 4. The van der Waals surface area contributed by atoms with E-state index >= 15 is 0 Å². The highest BCUT2D eigenvalue weighted by molar-refractivity contribution is 5.69. The van der Waals surface area contributed by atoms with Crippen LogP contribution in [0.1, 0.15) is 246 Å². The smallest absolute Gasteiger partial charge is 0.325 e. The predicted molar refractivity (Wildman–Crippen MR) is 242 cm³/mol. The SMILES string of the molecule is CCCCCCN(CCCCCC)OC(=O)CCCCCCCCCN(CCCCCCCCCC(=O)ON(CCCCCC)CCCCCC)CCCCN=O. The Balaban J connectivity index is 4.16. The number of nitrogens with zero attached hydrogens (tertiary/aromatic N) is 4. The Morgan fingerprint density at radius 3 is 0.930 bits per heavy atom. The lowest BCUT2D eigenvalue weighted by Gasteiger charge is -2.22. The second kappa shape index (κ2) is 45.5. The van der Waals surface area contributed by atoms with Crippen molar-refractivity contribution in [2.24, 2.45) is 5.18 Å². The first-order valence-corrected chi connectivity index (χ1v) is 24.9. The van der Waals surface area contributed by atoms with E-state index in [1.54, 1.807) is 0 Å². The highest BCUT2D eigenvalue weighted by atomic mass is 16.7. The summed E-state index contributed by atoms with van der Waals surface area (Å²) in [6.45, 7) is 16.1. The summed E-state index contributed by atoms with van der Waals surface area (Å²) in [5, 5.41) is 6.94. The lowest BCUT2D eigenvalue weighted by Crippen LogP contribution is -2.29. The van der Waals surface area contributed by atoms with Crippen LogP contribution in [-0.2, 0) is 19.3 Å². The zero-order chi connectivity index (χ0) is 41.7. The minimum atomic E-state index is -0.0533. The molecule has 0 aliphatic heterocycles. The van der Waals surface area contributed by atoms with Crippen molar-refractivity contribution in [3.8, 4) is 0 Å². The largest absolute Gasteiger partial charge is 0.368 e. The van der Waals surface area contributed by atoms with Crippen LogP contribution in [0.2, 0.25) is 0 Å². The third kappa shape index (κ3) is 41.0. The van der Waals surface area contributed by atoms with Crippen molar-refractivity contribution >= 4 is 11.9 Å². The molecule has 0 saturated carbocycles. The van der Waals surface area contributed by atoms with Crippen LogP contribution in [0.25, 0.3) is 0 Å². The number of nitroso groups, excluding NO2 is 1. The second-order valence-corrected chi connectivity index (χ2v) is 16.9. The Labute approximate surface area is 353 Å². The van der Waals surface area contributed by atoms with Crippen LogP contribution in [0.3, 0.4) is 0 Å². The predicted octanol–water partition coefficient (Wildman–Crippen LogP) is 13.9. The quantitative estimate of drug-likeness (QED) is 0.0341. The summed E-state index contributed by atoms with van der Waals surface area (Å²) < 4.78 is 0. The summed E-state index contributed by atoms with van der Waals surface area (Å²) in [6, 6.07) is 0. The Bertz CT molecular complexity index is 779. The molecule has 0 aromatic heterocycles. The van der Waals surface area contributed by atoms with Crippen molar-refractivity contribution in [2.45, 2.75) is 246 Å². The molecule has 9 heteroatoms. The molecule has 338 valence electrons. The van der Waals surface area contributed by atoms with E-state index in [1.807, 2.05) is 10.1 Å². The summed E-state index contributed by atoms with van der Waals surface area (Å²) in [4.78, 5) is 49.9. The second-order valence-electron chi connectivity index (χ2n) is 16.9. The van der Waals surface area contributed by atoms with Crippen LogP contribution in [0.4, 0.5) is 0 Å². The number of rotatable bonds is 47. The molecule has 0 fully saturated rings. The van der Waals surface area contributed by atoms with Gasteiger partial charge in [-0.3, -0.25) is 9.59 Å². The van der Waals surface area contributed by atoms with E-state index in [0.29, 0.717) is 19.4 Å². The van der Waals surface area contributed by atoms with Gasteiger partial charge in [0.05, 0.1) is 6.54 Å². The number of hydrogen-bond donors (Lipinski definition) is 0. The van der Waals surface area contributed by atoms with Gasteiger partial charge in [-0.1, -0.05) is 174 Å². The number of carbonyl (C=O) groups excluding carboxylic acids is 2. The zero-order valence-electron chi connectivity index (χ0n) is 38.5. The summed E-state index contributed by atoms with van der Waals surface area (Å²) in [7, 11) is 0. The van der Waals surface area contributed by atoms with Gasteiger partial charge in [0, 0.05) is 39.0 Å². The molecule has 0 spiro atoms. The number of unbranched alkanes of at least 4 members (excludes halogenated alkanes) is 25. The Kier molecular flexibility index (Phi) is 44.2. The maximum atomic E-state index is 12.6. The third-order valence-electron chi connectivity index (χ3n) is 11.2. The molecule has 0 aromatic carbocycles. The van der Waals surface area contributed by atoms with E-state index in [-0.39, 0.29) is 11.9 Å². The molecule has 0 atom stereocenters. The molecule has 0 rings (SSSR count). The first-order chi connectivity index (χ1) is 28.0. The highest BCUT2D eigenvalue weighted by Crippen LogP contribution is 2.15. The topological polar surface area (TPSA) is 91.8 Å². The van der Waals surface area contributed by atoms with E-state index in [4.69, 9.17) is 9.68 Å². The molecule has 0 heterocycles. The monoisotopic (exact) mass is 809 g/mol. The van der Waals surface area contributed by atoms with E-state index in [9.17, 15) is 14.5 Å². The summed E-state index contributed by atoms with van der Waals surface area (Å²) >= 11 is 0. The summed E-state index contributed by atoms with van der Waals surface area (Å²) in [6.07, 6.45) is 38.5. The Hall–Kier alpha value is -1.58. The molecule has 0 amide bonds. The molecule has 0 saturated heterocycles. The standard InChI is InChI=1S/C48H96N4O5/c1-5-9-13-32-43-51(44-33-14-10-6-2)56-47(53)37-27-23-19-17-21-25-30-40-50(42-36-29-39-49-55)41-31-26-22-18-20-24-28-38-48(54)57-52(45-34-15-11-7-3)46-35-16-12-8-4/h5-46H2,1-4H3. The summed E-state index contributed by atoms with van der Waals surface area (Å²) in [5.41, 5.74) is 0. The van der Waals surface area contributed by atoms with Crippen LogP contribution < -0.4 is 0 Å². The van der Waals surface area contributed by atoms with Gasteiger partial charge < -0.3 is 14.6 Å². The van der Waals surface area contributed by atoms with Gasteiger partial charge in [0.25, 0.3) is 0 Å². The highest BCUT2D eigenvalue weighted by Gasteiger charge is 2.13. The Morgan fingerprint density at radius 2 is 0.614 bits per heavy atom. The van der Waals surface area contributed by atoms with Gasteiger partial charge in [-0.25, -0.2) is 0 Å². The first kappa shape index (κ1) is 55.4. The maximum absolute atomic E-state index is 12.6. The molecule has 57 heavy (non-hydrogen) atoms. The first-order valence-electron chi connectivity index (χ1n) is 24.9. The molecule has 0 aliphatic rings. The van der Waals surface area contributed by atoms with Crippen molar-refractivity contribution in [3.63, 3.8) is 0 Å². The van der Waals surface area contributed by atoms with Crippen LogP contribution in [0, 0.1) is 4.91 Å². The van der Waals surface area contributed by atoms with Crippen molar-refractivity contribution in [3.05, 3.63) is 4.91 Å². The molecule has 0 radical (unpaired) electrons. The molecular formula is C48H96N4O5. The van der Waals surface area contributed by atoms with Crippen molar-refractivity contribution < 1.29 is 19.3 Å². The van der Waals surface area contributed by atoms with E-state index in [2.05, 4.69) is 37.8 Å². The lowest BCUT2D eigenvalue weighted by atomic mass is 10.1. The minimum absolute atomic E-state index is 0.0533. The lowest BCUT2D eigenvalue weighted by molar-refractivity contribution is -0.192. The van der Waals surface area contributed by atoms with Gasteiger partial charge in [-0.05, 0) is 83.8 Å². The van der Waals surface area contributed by atoms with Crippen molar-refractivity contribution in [1.82, 2.24) is 15.0 Å². The van der Waals surface area contributed by atoms with Gasteiger partial charge >= 0.3 is 11.9 Å². The van der Waals surface area contributed by atoms with E-state index in [0.717, 1.165) is 110 Å². The fourth-order valence-corrected chi connectivity index (χ4v) is 7.47. The normalized spacial score (nSPS) is 11.6. The van der Waals surface area contributed by atoms with E-state index in [1.165, 1.54) is 141 Å². The van der Waals surface area contributed by atoms with Crippen LogP contribution in [0.15, 0.2) is 5.18 Å². The van der Waals surface area contributed by atoms with E-state index < -0.39 is 0 Å². The molecule has 0 N–H and O–H groups in total. The van der Waals surface area contributed by atoms with Crippen molar-refractivity contribution in [1.29, 1.82) is 0 Å². The fraction of sp³-hybridized carbons (Fsp3) is 0.958. The molecule has 0 aliphatic carbocycles. The number of hydrogen-bond acceptors (Lipinski definition) is 9. The average molecular weight is 809 g/mol. The molecule has 0 unspecified atom stereocenters. The Morgan fingerprint density at radius 1 is 0.351 bits per heavy atom. The van der Waals surface area contributed by atoms with Gasteiger partial charge in [0.2, 0.25) is 0 Å². The average Bonchev–Trinajstić information content (AvgIpc) is 3.20. The van der Waals surface area contributed by atoms with Gasteiger partial charge in [0.15, 0.2) is 0 Å². The van der Waals surface area contributed by atoms with Gasteiger partial charge in [0.1, 0.15) is 0 Å². The molecule has 0 bridgehead atoms. The molecule has 9 nitrogen and oxygen atoms in total. The van der Waals surface area contributed by atoms with Crippen molar-refractivity contribution in [2.75, 3.05) is 52.4 Å². The summed E-state index contributed by atoms with van der Waals surface area (Å²) in [5.74, 6) is -0.107. The van der Waals surface area contributed by atoms with Gasteiger partial charge in [-0.2, -0.15) is 4.91 Å². The fourth-order valence-electron chi connectivity index (χ4n) is 7.47. The molecule has 0 aromatic rings. The third-order valence-corrected chi connectivity index (χ3v) is 11.2. The maximum Gasteiger partial charge on any atom is 0.325 e. The zero-order valence-corrected chi connectivity index (χ0v) is 38.5. The minimum Gasteiger partial charge on any atom is -0.368 e.